The van der Waals surface area contributed by atoms with E-state index in [1.807, 2.05) is 24.4 Å². The Bertz CT molecular complexity index is 1660. The van der Waals surface area contributed by atoms with Crippen molar-refractivity contribution in [3.8, 4) is 11.6 Å². The van der Waals surface area contributed by atoms with Crippen LogP contribution in [0.2, 0.25) is 0 Å². The van der Waals surface area contributed by atoms with Gasteiger partial charge in [0.05, 0.1) is 42.7 Å². The van der Waals surface area contributed by atoms with E-state index in [2.05, 4.69) is 25.3 Å². The molecule has 6 rings (SSSR count). The molecule has 1 N–H and O–H groups in total. The third-order valence-corrected chi connectivity index (χ3v) is 6.73. The summed E-state index contributed by atoms with van der Waals surface area (Å²) in [5.41, 5.74) is 2.70. The molecule has 0 saturated carbocycles. The molecule has 1 aliphatic heterocycles. The molecule has 0 aliphatic carbocycles. The predicted molar refractivity (Wildman–Crippen MR) is 146 cm³/mol. The lowest BCUT2D eigenvalue weighted by molar-refractivity contribution is 0.0322. The quantitative estimate of drug-likeness (QED) is 0.311. The van der Waals surface area contributed by atoms with E-state index in [0.717, 1.165) is 43.9 Å². The standard InChI is InChI=1S/C28H28FN7O3/c29-21-2-1-20-6-9-35(25(20)17-21)26-3-4-27(37)36(33-26)10-8-31-23-5-7-30-24-18-22(19-32-28(23)24)39-16-13-34-11-14-38-15-12-34/h1-7,9,17-19H,8,10-16H2,(H,30,31). The average molecular weight is 530 g/mol. The maximum atomic E-state index is 13.8. The van der Waals surface area contributed by atoms with Gasteiger partial charge in [0.2, 0.25) is 0 Å². The van der Waals surface area contributed by atoms with E-state index >= 15 is 0 Å². The molecule has 1 saturated heterocycles. The van der Waals surface area contributed by atoms with Crippen LogP contribution in [-0.2, 0) is 11.3 Å². The number of morpholine rings is 1. The van der Waals surface area contributed by atoms with Crippen molar-refractivity contribution in [3.05, 3.63) is 83.3 Å². The summed E-state index contributed by atoms with van der Waals surface area (Å²) in [4.78, 5) is 23.8. The van der Waals surface area contributed by atoms with Crippen LogP contribution in [0.25, 0.3) is 27.8 Å². The molecule has 1 fully saturated rings. The molecule has 200 valence electrons. The maximum Gasteiger partial charge on any atom is 0.266 e. The van der Waals surface area contributed by atoms with Crippen molar-refractivity contribution in [3.63, 3.8) is 0 Å². The SMILES string of the molecule is O=c1ccc(-n2ccc3ccc(F)cc32)nn1CCNc1ccnc2cc(OCCN3CCOCC3)cnc12. The fraction of sp³-hybridized carbons (Fsp3) is 0.286. The second-order valence-corrected chi connectivity index (χ2v) is 9.27. The van der Waals surface area contributed by atoms with E-state index < -0.39 is 0 Å². The number of hydrogen-bond acceptors (Lipinski definition) is 8. The van der Waals surface area contributed by atoms with Crippen molar-refractivity contribution >= 4 is 27.6 Å². The number of aromatic nitrogens is 5. The summed E-state index contributed by atoms with van der Waals surface area (Å²) in [6.07, 6.45) is 5.23. The Balaban J connectivity index is 1.11. The van der Waals surface area contributed by atoms with Gasteiger partial charge in [-0.1, -0.05) is 0 Å². The largest absolute Gasteiger partial charge is 0.491 e. The minimum Gasteiger partial charge on any atom is -0.491 e. The van der Waals surface area contributed by atoms with E-state index in [1.165, 1.54) is 22.9 Å². The van der Waals surface area contributed by atoms with Gasteiger partial charge in [0.25, 0.3) is 5.56 Å². The smallest absolute Gasteiger partial charge is 0.266 e. The van der Waals surface area contributed by atoms with Crippen molar-refractivity contribution in [1.82, 2.24) is 29.2 Å². The number of anilines is 1. The number of nitrogens with zero attached hydrogens (tertiary/aromatic N) is 6. The van der Waals surface area contributed by atoms with Crippen molar-refractivity contribution in [2.75, 3.05) is 51.3 Å². The molecular formula is C28H28FN7O3. The van der Waals surface area contributed by atoms with Crippen molar-refractivity contribution in [1.29, 1.82) is 0 Å². The van der Waals surface area contributed by atoms with Gasteiger partial charge in [-0.05, 0) is 36.4 Å². The zero-order chi connectivity index (χ0) is 26.6. The van der Waals surface area contributed by atoms with Crippen LogP contribution in [0.1, 0.15) is 0 Å². The lowest BCUT2D eigenvalue weighted by Gasteiger charge is -2.26. The monoisotopic (exact) mass is 529 g/mol. The third-order valence-electron chi connectivity index (χ3n) is 6.73. The second kappa shape index (κ2) is 11.2. The number of benzene rings is 1. The normalized spacial score (nSPS) is 14.2. The molecule has 0 unspecified atom stereocenters. The number of hydrogen-bond donors (Lipinski definition) is 1. The number of rotatable bonds is 9. The summed E-state index contributed by atoms with van der Waals surface area (Å²) >= 11 is 0. The van der Waals surface area contributed by atoms with Crippen LogP contribution in [-0.4, -0.2) is 75.2 Å². The molecule has 5 heterocycles. The highest BCUT2D eigenvalue weighted by Crippen LogP contribution is 2.23. The number of pyridine rings is 2. The van der Waals surface area contributed by atoms with Gasteiger partial charge >= 0.3 is 0 Å². The summed E-state index contributed by atoms with van der Waals surface area (Å²) in [5, 5.41) is 8.74. The highest BCUT2D eigenvalue weighted by atomic mass is 19.1. The molecule has 0 radical (unpaired) electrons. The Morgan fingerprint density at radius 3 is 2.82 bits per heavy atom. The van der Waals surface area contributed by atoms with E-state index in [1.54, 1.807) is 29.1 Å². The van der Waals surface area contributed by atoms with E-state index in [-0.39, 0.29) is 11.4 Å². The van der Waals surface area contributed by atoms with Gasteiger partial charge in [-0.25, -0.2) is 14.1 Å². The number of ether oxygens (including phenoxy) is 2. The van der Waals surface area contributed by atoms with Gasteiger partial charge in [-0.2, -0.15) is 5.10 Å². The number of halogens is 1. The van der Waals surface area contributed by atoms with Gasteiger partial charge in [0.1, 0.15) is 23.7 Å². The van der Waals surface area contributed by atoms with Gasteiger partial charge in [-0.3, -0.25) is 19.2 Å². The van der Waals surface area contributed by atoms with Crippen LogP contribution >= 0.6 is 0 Å². The lowest BCUT2D eigenvalue weighted by atomic mass is 10.2. The number of nitrogens with one attached hydrogen (secondary N) is 1. The highest BCUT2D eigenvalue weighted by Gasteiger charge is 2.11. The first kappa shape index (κ1) is 25.0. The van der Waals surface area contributed by atoms with E-state index in [0.29, 0.717) is 47.8 Å². The lowest BCUT2D eigenvalue weighted by Crippen LogP contribution is -2.38. The maximum absolute atomic E-state index is 13.8. The van der Waals surface area contributed by atoms with Crippen LogP contribution in [0.4, 0.5) is 10.1 Å². The van der Waals surface area contributed by atoms with Crippen LogP contribution < -0.4 is 15.6 Å². The fourth-order valence-corrected chi connectivity index (χ4v) is 4.68. The molecule has 1 aromatic carbocycles. The first-order valence-corrected chi connectivity index (χ1v) is 12.9. The molecule has 0 spiro atoms. The molecule has 11 heteroatoms. The van der Waals surface area contributed by atoms with Crippen LogP contribution in [0.5, 0.6) is 5.75 Å². The molecular weight excluding hydrogens is 501 g/mol. The van der Waals surface area contributed by atoms with Crippen molar-refractivity contribution in [2.45, 2.75) is 6.54 Å². The van der Waals surface area contributed by atoms with Gasteiger partial charge < -0.3 is 14.8 Å². The summed E-state index contributed by atoms with van der Waals surface area (Å²) < 4.78 is 28.3. The Hall–Kier alpha value is -4.35. The van der Waals surface area contributed by atoms with Gasteiger partial charge in [0, 0.05) is 56.1 Å². The summed E-state index contributed by atoms with van der Waals surface area (Å²) in [7, 11) is 0. The van der Waals surface area contributed by atoms with E-state index in [4.69, 9.17) is 9.47 Å². The Kier molecular flexibility index (Phi) is 7.15. The molecule has 1 aliphatic rings. The molecule has 0 amide bonds. The Morgan fingerprint density at radius 2 is 1.92 bits per heavy atom. The van der Waals surface area contributed by atoms with Crippen LogP contribution in [0.15, 0.2) is 71.9 Å². The minimum atomic E-state index is -0.329. The predicted octanol–water partition coefficient (Wildman–Crippen LogP) is 3.09. The zero-order valence-corrected chi connectivity index (χ0v) is 21.3. The highest BCUT2D eigenvalue weighted by molar-refractivity contribution is 5.87. The topological polar surface area (TPSA) is 99.3 Å². The first-order chi connectivity index (χ1) is 19.1. The number of fused-ring (bicyclic) bond motifs is 2. The average Bonchev–Trinajstić information content (AvgIpc) is 3.37. The molecule has 0 atom stereocenters. The fourth-order valence-electron chi connectivity index (χ4n) is 4.68. The van der Waals surface area contributed by atoms with Gasteiger partial charge in [0.15, 0.2) is 5.82 Å². The summed E-state index contributed by atoms with van der Waals surface area (Å²) in [5.74, 6) is 0.877. The zero-order valence-electron chi connectivity index (χ0n) is 21.3. The molecule has 5 aromatic rings. The Morgan fingerprint density at radius 1 is 1.03 bits per heavy atom. The minimum absolute atomic E-state index is 0.222. The van der Waals surface area contributed by atoms with Gasteiger partial charge in [-0.15, -0.1) is 0 Å². The van der Waals surface area contributed by atoms with Crippen molar-refractivity contribution < 1.29 is 13.9 Å². The van der Waals surface area contributed by atoms with Crippen LogP contribution in [0.3, 0.4) is 0 Å². The van der Waals surface area contributed by atoms with Crippen molar-refractivity contribution in [2.24, 2.45) is 0 Å². The molecule has 10 nitrogen and oxygen atoms in total. The summed E-state index contributed by atoms with van der Waals surface area (Å²) in [6, 6.07) is 13.3. The first-order valence-electron chi connectivity index (χ1n) is 12.9. The molecule has 4 aromatic heterocycles. The summed E-state index contributed by atoms with van der Waals surface area (Å²) in [6.45, 7) is 5.54. The molecule has 0 bridgehead atoms. The molecule has 39 heavy (non-hydrogen) atoms. The van der Waals surface area contributed by atoms with Crippen LogP contribution in [0, 0.1) is 5.82 Å². The third kappa shape index (κ3) is 5.59. The second-order valence-electron chi connectivity index (χ2n) is 9.27. The Labute approximate surface area is 223 Å². The van der Waals surface area contributed by atoms with E-state index in [9.17, 15) is 9.18 Å².